The monoisotopic (exact) mass is 330 g/mol. The van der Waals surface area contributed by atoms with Gasteiger partial charge in [0.15, 0.2) is 11.5 Å². The van der Waals surface area contributed by atoms with E-state index in [1.165, 1.54) is 18.2 Å². The topological polar surface area (TPSA) is 204 Å². The van der Waals surface area contributed by atoms with Crippen LogP contribution in [0.1, 0.15) is 12.0 Å². The molecule has 0 spiro atoms. The molecule has 0 fully saturated rings. The maximum atomic E-state index is 10.4. The number of hydrogen-bond acceptors (Lipinski definition) is 7. The number of benzene rings is 1. The minimum absolute atomic E-state index is 0.114. The van der Waals surface area contributed by atoms with Crippen LogP contribution in [0.25, 0.3) is 0 Å². The molecule has 10 heteroatoms. The lowest BCUT2D eigenvalue weighted by Crippen LogP contribution is -2.32. The van der Waals surface area contributed by atoms with Crippen molar-refractivity contribution < 1.29 is 39.9 Å². The van der Waals surface area contributed by atoms with Gasteiger partial charge < -0.3 is 37.0 Å². The summed E-state index contributed by atoms with van der Waals surface area (Å²) in [4.78, 5) is 30.0. The van der Waals surface area contributed by atoms with E-state index in [4.69, 9.17) is 37.0 Å². The molecule has 128 valence electrons. The quantitative estimate of drug-likeness (QED) is 0.314. The molecule has 0 radical (unpaired) electrons. The summed E-state index contributed by atoms with van der Waals surface area (Å²) in [5.41, 5.74) is 10.7. The Balaban J connectivity index is 0.000000468. The molecule has 2 unspecified atom stereocenters. The largest absolute Gasteiger partial charge is 0.504 e. The van der Waals surface area contributed by atoms with E-state index in [9.17, 15) is 14.4 Å². The first-order chi connectivity index (χ1) is 10.5. The number of aromatic hydroxyl groups is 2. The lowest BCUT2D eigenvalue weighted by atomic mass is 10.1. The van der Waals surface area contributed by atoms with Crippen molar-refractivity contribution in [3.8, 4) is 11.5 Å². The summed E-state index contributed by atoms with van der Waals surface area (Å²) in [5, 5.41) is 42.7. The standard InChI is InChI=1S/C9H11NO4.C4H7NO4/c10-6(9(13)14)3-5-1-2-7(11)8(12)4-5;5-2(4(8)9)1-3(6)7/h1-2,4,6,11-12H,3,10H2,(H,13,14);2H,1,5H2,(H,6,7)(H,8,9). The van der Waals surface area contributed by atoms with Crippen LogP contribution in [0, 0.1) is 0 Å². The highest BCUT2D eigenvalue weighted by Gasteiger charge is 2.14. The van der Waals surface area contributed by atoms with Crippen LogP contribution >= 0.6 is 0 Å². The molecule has 0 amide bonds. The lowest BCUT2D eigenvalue weighted by molar-refractivity contribution is -0.144. The van der Waals surface area contributed by atoms with Crippen molar-refractivity contribution in [2.75, 3.05) is 0 Å². The summed E-state index contributed by atoms with van der Waals surface area (Å²) in [6.45, 7) is 0. The number of aliphatic carboxylic acids is 3. The maximum absolute atomic E-state index is 10.4. The van der Waals surface area contributed by atoms with Crippen molar-refractivity contribution in [1.82, 2.24) is 0 Å². The Morgan fingerprint density at radius 1 is 0.913 bits per heavy atom. The molecule has 1 rings (SSSR count). The van der Waals surface area contributed by atoms with Gasteiger partial charge in [-0.15, -0.1) is 0 Å². The first kappa shape index (κ1) is 20.1. The van der Waals surface area contributed by atoms with Gasteiger partial charge in [-0.1, -0.05) is 6.07 Å². The van der Waals surface area contributed by atoms with Crippen LogP contribution in [0.5, 0.6) is 11.5 Å². The fraction of sp³-hybridized carbons (Fsp3) is 0.308. The second-order valence-corrected chi connectivity index (χ2v) is 4.51. The number of nitrogens with two attached hydrogens (primary N) is 2. The van der Waals surface area contributed by atoms with Crippen LogP contribution < -0.4 is 11.5 Å². The Morgan fingerprint density at radius 3 is 1.78 bits per heavy atom. The third-order valence-corrected chi connectivity index (χ3v) is 2.52. The molecule has 0 heterocycles. The van der Waals surface area contributed by atoms with Gasteiger partial charge >= 0.3 is 17.9 Å². The summed E-state index contributed by atoms with van der Waals surface area (Å²) in [5.74, 6) is -4.11. The van der Waals surface area contributed by atoms with Crippen LogP contribution in [0.4, 0.5) is 0 Å². The van der Waals surface area contributed by atoms with E-state index in [0.29, 0.717) is 5.56 Å². The molecular weight excluding hydrogens is 312 g/mol. The van der Waals surface area contributed by atoms with Crippen LogP contribution in [-0.4, -0.2) is 55.5 Å². The number of phenols is 2. The molecule has 2 atom stereocenters. The molecule has 0 aliphatic carbocycles. The van der Waals surface area contributed by atoms with Gasteiger partial charge in [-0.25, -0.2) is 0 Å². The average molecular weight is 330 g/mol. The normalized spacial score (nSPS) is 12.4. The molecule has 10 nitrogen and oxygen atoms in total. The zero-order valence-electron chi connectivity index (χ0n) is 11.9. The number of rotatable bonds is 6. The van der Waals surface area contributed by atoms with Gasteiger partial charge in [0.25, 0.3) is 0 Å². The number of carbonyl (C=O) groups is 3. The van der Waals surface area contributed by atoms with Crippen molar-refractivity contribution in [2.45, 2.75) is 24.9 Å². The van der Waals surface area contributed by atoms with Crippen LogP contribution in [0.3, 0.4) is 0 Å². The zero-order chi connectivity index (χ0) is 18.2. The molecule has 0 bridgehead atoms. The van der Waals surface area contributed by atoms with E-state index in [2.05, 4.69) is 0 Å². The molecule has 1 aromatic carbocycles. The Morgan fingerprint density at radius 2 is 1.43 bits per heavy atom. The fourth-order valence-electron chi connectivity index (χ4n) is 1.31. The highest BCUT2D eigenvalue weighted by molar-refractivity contribution is 5.80. The van der Waals surface area contributed by atoms with Gasteiger partial charge in [0.2, 0.25) is 0 Å². The minimum Gasteiger partial charge on any atom is -0.504 e. The predicted molar refractivity (Wildman–Crippen MR) is 77.0 cm³/mol. The third kappa shape index (κ3) is 8.24. The first-order valence-corrected chi connectivity index (χ1v) is 6.24. The molecular formula is C13H18N2O8. The third-order valence-electron chi connectivity index (χ3n) is 2.52. The minimum atomic E-state index is -1.29. The molecule has 0 aromatic heterocycles. The molecule has 0 aliphatic heterocycles. The smallest absolute Gasteiger partial charge is 0.321 e. The second kappa shape index (κ2) is 9.23. The summed E-state index contributed by atoms with van der Waals surface area (Å²) in [6, 6.07) is 1.80. The van der Waals surface area contributed by atoms with Gasteiger partial charge in [-0.2, -0.15) is 0 Å². The van der Waals surface area contributed by atoms with E-state index < -0.39 is 36.4 Å². The van der Waals surface area contributed by atoms with Crippen molar-refractivity contribution in [2.24, 2.45) is 11.5 Å². The van der Waals surface area contributed by atoms with Crippen molar-refractivity contribution in [3.63, 3.8) is 0 Å². The number of carboxylic acid groups (broad SMARTS) is 3. The highest BCUT2D eigenvalue weighted by atomic mass is 16.4. The Kier molecular flexibility index (Phi) is 8.08. The average Bonchev–Trinajstić information content (AvgIpc) is 2.42. The number of carboxylic acids is 3. The van der Waals surface area contributed by atoms with Crippen LogP contribution in [0.15, 0.2) is 18.2 Å². The Bertz CT molecular complexity index is 575. The highest BCUT2D eigenvalue weighted by Crippen LogP contribution is 2.25. The van der Waals surface area contributed by atoms with E-state index >= 15 is 0 Å². The van der Waals surface area contributed by atoms with Crippen LogP contribution in [-0.2, 0) is 20.8 Å². The predicted octanol–water partition coefficient (Wildman–Crippen LogP) is -1.07. The molecule has 9 N–H and O–H groups in total. The molecule has 1 aromatic rings. The van der Waals surface area contributed by atoms with Gasteiger partial charge in [0.05, 0.1) is 6.42 Å². The second-order valence-electron chi connectivity index (χ2n) is 4.51. The van der Waals surface area contributed by atoms with Crippen molar-refractivity contribution >= 4 is 17.9 Å². The first-order valence-electron chi connectivity index (χ1n) is 6.24. The summed E-state index contributed by atoms with van der Waals surface area (Å²) in [7, 11) is 0. The Hall–Kier alpha value is -2.85. The molecule has 23 heavy (non-hydrogen) atoms. The van der Waals surface area contributed by atoms with Crippen molar-refractivity contribution in [3.05, 3.63) is 23.8 Å². The maximum Gasteiger partial charge on any atom is 0.321 e. The summed E-state index contributed by atoms with van der Waals surface area (Å²) >= 11 is 0. The van der Waals surface area contributed by atoms with E-state index in [1.54, 1.807) is 0 Å². The van der Waals surface area contributed by atoms with E-state index in [-0.39, 0.29) is 17.9 Å². The lowest BCUT2D eigenvalue weighted by Gasteiger charge is -2.06. The van der Waals surface area contributed by atoms with Crippen molar-refractivity contribution in [1.29, 1.82) is 0 Å². The molecule has 0 saturated carbocycles. The fourth-order valence-corrected chi connectivity index (χ4v) is 1.31. The molecule has 0 saturated heterocycles. The van der Waals surface area contributed by atoms with Gasteiger partial charge in [-0.3, -0.25) is 14.4 Å². The number of hydrogen-bond donors (Lipinski definition) is 7. The summed E-state index contributed by atoms with van der Waals surface area (Å²) in [6.07, 6.45) is -0.418. The zero-order valence-corrected chi connectivity index (χ0v) is 11.9. The van der Waals surface area contributed by atoms with E-state index in [1.807, 2.05) is 0 Å². The van der Waals surface area contributed by atoms with Gasteiger partial charge in [0.1, 0.15) is 12.1 Å². The summed E-state index contributed by atoms with van der Waals surface area (Å²) < 4.78 is 0. The van der Waals surface area contributed by atoms with E-state index in [0.717, 1.165) is 0 Å². The SMILES string of the molecule is NC(CC(=O)O)C(=O)O.NC(Cc1ccc(O)c(O)c1)C(=O)O. The van der Waals surface area contributed by atoms with Gasteiger partial charge in [0, 0.05) is 0 Å². The Labute approximate surface area is 130 Å². The number of phenolic OH excluding ortho intramolecular Hbond substituents is 2. The van der Waals surface area contributed by atoms with Crippen LogP contribution in [0.2, 0.25) is 0 Å². The van der Waals surface area contributed by atoms with Gasteiger partial charge in [-0.05, 0) is 24.1 Å². The molecule has 0 aliphatic rings.